The van der Waals surface area contributed by atoms with Gasteiger partial charge in [0.05, 0.1) is 67.1 Å². The normalized spacial score (nSPS) is 12.5. The molecule has 0 saturated carbocycles. The summed E-state index contributed by atoms with van der Waals surface area (Å²) < 4.78 is 9.71. The van der Waals surface area contributed by atoms with Crippen molar-refractivity contribution in [2.75, 3.05) is 0 Å². The summed E-state index contributed by atoms with van der Waals surface area (Å²) in [5, 5.41) is 19.5. The van der Waals surface area contributed by atoms with Crippen LogP contribution in [0.4, 0.5) is 0 Å². The van der Waals surface area contributed by atoms with Crippen molar-refractivity contribution in [3.63, 3.8) is 0 Å². The summed E-state index contributed by atoms with van der Waals surface area (Å²) in [6.07, 6.45) is 0. The number of rotatable bonds is 9. The molecule has 18 rings (SSSR count). The molecule has 5 aromatic heterocycles. The van der Waals surface area contributed by atoms with E-state index in [1.165, 1.54) is 43.8 Å². The maximum atomic E-state index is 10.1. The molecule has 514 valence electrons. The molecule has 0 unspecified atom stereocenters. The van der Waals surface area contributed by atoms with E-state index in [0.717, 1.165) is 127 Å². The molecule has 18 aromatic rings. The molecule has 0 amide bonds. The smallest absolute Gasteiger partial charge is 0.166 e. The SMILES string of the molecule is CC(C)(C)c1cc(-c2nc(-c3cc(C(C)(C)C)cc(C(C)(C)C)c3)nc(-c3cc(-c4cc(-c5ccc(C#N)cc5)ccc4-n4c5ccccc5c5cc(-n6c7ccccc7c7ccccc76)ccc54)ccc3-n3c4ccccc4c4cc(-n5c6ccccc6c6ccccc65)ccc43)n2)cc(C(C)(C)C)c1. The van der Waals surface area contributed by atoms with E-state index in [9.17, 15) is 5.26 Å². The van der Waals surface area contributed by atoms with Crippen LogP contribution in [-0.2, 0) is 21.7 Å². The number of para-hydroxylation sites is 6. The number of aromatic nitrogens is 7. The first-order valence-electron chi connectivity index (χ1n) is 37.0. The maximum absolute atomic E-state index is 10.1. The molecule has 0 saturated heterocycles. The van der Waals surface area contributed by atoms with Crippen LogP contribution in [0.1, 0.15) is 111 Å². The Balaban J connectivity index is 0.942. The van der Waals surface area contributed by atoms with Gasteiger partial charge in [0.25, 0.3) is 0 Å². The van der Waals surface area contributed by atoms with E-state index in [2.05, 4.69) is 374 Å². The Kier molecular flexibility index (Phi) is 15.1. The lowest BCUT2D eigenvalue weighted by Gasteiger charge is -2.26. The highest BCUT2D eigenvalue weighted by atomic mass is 15.1. The molecule has 8 nitrogen and oxygen atoms in total. The third kappa shape index (κ3) is 11.0. The molecule has 13 aromatic carbocycles. The minimum atomic E-state index is -0.189. The van der Waals surface area contributed by atoms with Gasteiger partial charge in [-0.05, 0) is 194 Å². The summed E-state index contributed by atoms with van der Waals surface area (Å²) in [4.78, 5) is 17.5. The second-order valence-electron chi connectivity index (χ2n) is 32.9. The Bertz CT molecular complexity index is 6420. The first-order valence-corrected chi connectivity index (χ1v) is 37.0. The van der Waals surface area contributed by atoms with Crippen molar-refractivity contribution in [1.29, 1.82) is 5.26 Å². The Morgan fingerprint density at radius 3 is 0.915 bits per heavy atom. The highest BCUT2D eigenvalue weighted by Crippen LogP contribution is 2.46. The number of benzene rings is 13. The van der Waals surface area contributed by atoms with Gasteiger partial charge >= 0.3 is 0 Å². The van der Waals surface area contributed by atoms with Gasteiger partial charge in [-0.15, -0.1) is 0 Å². The lowest BCUT2D eigenvalue weighted by Crippen LogP contribution is -2.17. The van der Waals surface area contributed by atoms with Gasteiger partial charge in [-0.2, -0.15) is 5.26 Å². The van der Waals surface area contributed by atoms with Crippen LogP contribution in [0.2, 0.25) is 0 Å². The Morgan fingerprint density at radius 1 is 0.245 bits per heavy atom. The third-order valence-corrected chi connectivity index (χ3v) is 21.8. The second kappa shape index (κ2) is 24.3. The Morgan fingerprint density at radius 2 is 0.547 bits per heavy atom. The standard InChI is InChI=1S/C98H82N8/c1-95(2,3)66-49-64(50-67(55-66)96(4,5)6)92-100-93(65-51-68(97(7,8)9)56-69(52-65)98(10,11)12)102-94(101-92)81-54-63(42-46-91(81)106-87-36-24-18-30-77(87)80-58-71(44-48-90(80)106)104-84-33-21-15-27-74(84)75-28-16-22-34-85(75)104)78-53-62(61-39-37-60(59-99)38-40-61)41-45-88(78)105-86-35-23-17-29-76(86)79-57-70(43-47-89(79)105)103-82-31-19-13-25-72(82)73-26-14-20-32-83(73)103/h13-58H,1-12H3. The fourth-order valence-corrected chi connectivity index (χ4v) is 16.1. The first-order chi connectivity index (χ1) is 51.0. The number of hydrogen-bond acceptors (Lipinski definition) is 4. The summed E-state index contributed by atoms with van der Waals surface area (Å²) in [6, 6.07) is 105. The predicted molar refractivity (Wildman–Crippen MR) is 444 cm³/mol. The molecule has 8 heteroatoms. The first kappa shape index (κ1) is 65.6. The van der Waals surface area contributed by atoms with Crippen LogP contribution in [0.3, 0.4) is 0 Å². The van der Waals surface area contributed by atoms with Crippen LogP contribution in [0.5, 0.6) is 0 Å². The van der Waals surface area contributed by atoms with Gasteiger partial charge in [0.1, 0.15) is 0 Å². The zero-order valence-corrected chi connectivity index (χ0v) is 62.1. The van der Waals surface area contributed by atoms with Gasteiger partial charge in [-0.1, -0.05) is 229 Å². The molecule has 0 atom stereocenters. The quantitative estimate of drug-likeness (QED) is 0.144. The molecule has 0 aliphatic rings. The van der Waals surface area contributed by atoms with E-state index in [4.69, 9.17) is 15.0 Å². The van der Waals surface area contributed by atoms with E-state index < -0.39 is 0 Å². The van der Waals surface area contributed by atoms with Crippen molar-refractivity contribution >= 4 is 87.2 Å². The topological polar surface area (TPSA) is 82.2 Å². The molecule has 5 heterocycles. The molecule has 0 fully saturated rings. The summed E-state index contributed by atoms with van der Waals surface area (Å²) in [5.74, 6) is 1.73. The van der Waals surface area contributed by atoms with Gasteiger partial charge < -0.3 is 18.3 Å². The van der Waals surface area contributed by atoms with Crippen molar-refractivity contribution in [3.8, 4) is 85.2 Å². The largest absolute Gasteiger partial charge is 0.309 e. The average Bonchev–Trinajstić information content (AvgIpc) is 1.54. The number of nitriles is 1. The molecule has 0 spiro atoms. The molecule has 106 heavy (non-hydrogen) atoms. The van der Waals surface area contributed by atoms with Crippen molar-refractivity contribution in [2.45, 2.75) is 105 Å². The van der Waals surface area contributed by atoms with E-state index in [0.29, 0.717) is 23.0 Å². The average molecular weight is 1370 g/mol. The fourth-order valence-electron chi connectivity index (χ4n) is 16.1. The van der Waals surface area contributed by atoms with E-state index in [1.54, 1.807) is 0 Å². The van der Waals surface area contributed by atoms with Crippen LogP contribution in [0.15, 0.2) is 279 Å². The van der Waals surface area contributed by atoms with Crippen LogP contribution in [0.25, 0.3) is 166 Å². The summed E-state index contributed by atoms with van der Waals surface area (Å²) in [7, 11) is 0. The Labute approximate surface area is 618 Å². The van der Waals surface area contributed by atoms with Gasteiger partial charge in [-0.3, -0.25) is 0 Å². The summed E-state index contributed by atoms with van der Waals surface area (Å²) in [6.45, 7) is 27.5. The van der Waals surface area contributed by atoms with Gasteiger partial charge in [-0.25, -0.2) is 15.0 Å². The molecule has 0 bridgehead atoms. The van der Waals surface area contributed by atoms with E-state index in [-0.39, 0.29) is 21.7 Å². The molecule has 0 aliphatic heterocycles. The zero-order chi connectivity index (χ0) is 72.9. The van der Waals surface area contributed by atoms with Crippen LogP contribution in [0, 0.1) is 11.3 Å². The highest BCUT2D eigenvalue weighted by molar-refractivity contribution is 6.15. The predicted octanol–water partition coefficient (Wildman–Crippen LogP) is 25.7. The van der Waals surface area contributed by atoms with Crippen molar-refractivity contribution in [1.82, 2.24) is 33.2 Å². The monoisotopic (exact) mass is 1370 g/mol. The highest BCUT2D eigenvalue weighted by Gasteiger charge is 2.29. The number of fused-ring (bicyclic) bond motifs is 12. The third-order valence-electron chi connectivity index (χ3n) is 21.8. The van der Waals surface area contributed by atoms with Gasteiger partial charge in [0.15, 0.2) is 17.5 Å². The number of nitrogens with zero attached hydrogens (tertiary/aromatic N) is 8. The minimum Gasteiger partial charge on any atom is -0.309 e. The lowest BCUT2D eigenvalue weighted by atomic mass is 9.79. The second-order valence-corrected chi connectivity index (χ2v) is 32.9. The molecule has 0 aliphatic carbocycles. The lowest BCUT2D eigenvalue weighted by molar-refractivity contribution is 0.568. The molecular weight excluding hydrogens is 1290 g/mol. The molecular formula is C98H82N8. The van der Waals surface area contributed by atoms with Crippen LogP contribution in [-0.4, -0.2) is 33.2 Å². The zero-order valence-electron chi connectivity index (χ0n) is 62.1. The van der Waals surface area contributed by atoms with Crippen LogP contribution < -0.4 is 0 Å². The maximum Gasteiger partial charge on any atom is 0.166 e. The minimum absolute atomic E-state index is 0.189. The fraction of sp³-hybridized carbons (Fsp3) is 0.163. The van der Waals surface area contributed by atoms with Gasteiger partial charge in [0.2, 0.25) is 0 Å². The van der Waals surface area contributed by atoms with Crippen molar-refractivity contribution in [3.05, 3.63) is 307 Å². The molecule has 0 radical (unpaired) electrons. The van der Waals surface area contributed by atoms with E-state index >= 15 is 0 Å². The van der Waals surface area contributed by atoms with Gasteiger partial charge in [0, 0.05) is 76.7 Å². The van der Waals surface area contributed by atoms with Crippen molar-refractivity contribution in [2.24, 2.45) is 0 Å². The van der Waals surface area contributed by atoms with Crippen molar-refractivity contribution < 1.29 is 0 Å². The Hall–Kier alpha value is -12.4. The van der Waals surface area contributed by atoms with Crippen LogP contribution >= 0.6 is 0 Å². The summed E-state index contributed by atoms with van der Waals surface area (Å²) >= 11 is 0. The summed E-state index contributed by atoms with van der Waals surface area (Å²) in [5.41, 5.74) is 24.3. The molecule has 0 N–H and O–H groups in total. The van der Waals surface area contributed by atoms with E-state index in [1.807, 2.05) is 12.1 Å². The number of hydrogen-bond donors (Lipinski definition) is 0.